The van der Waals surface area contributed by atoms with Crippen LogP contribution in [0.5, 0.6) is 0 Å². The van der Waals surface area contributed by atoms with Gasteiger partial charge in [0.2, 0.25) is 0 Å². The van der Waals surface area contributed by atoms with E-state index in [0.29, 0.717) is 5.78 Å². The molecule has 2 nitrogen and oxygen atoms in total. The monoisotopic (exact) mass is 127 g/mol. The van der Waals surface area contributed by atoms with Crippen molar-refractivity contribution in [2.24, 2.45) is 0 Å². The molecule has 1 saturated heterocycles. The molecular formula is C7H13NO. The standard InChI is InChI=1S/C7H13NO/c1-6-7(9)4-3-5-8(6)2/h6H,3-5H2,1-2H3. The van der Waals surface area contributed by atoms with Gasteiger partial charge >= 0.3 is 0 Å². The van der Waals surface area contributed by atoms with Gasteiger partial charge in [0, 0.05) is 6.42 Å². The van der Waals surface area contributed by atoms with E-state index in [1.165, 1.54) is 0 Å². The van der Waals surface area contributed by atoms with Crippen molar-refractivity contribution in [3.63, 3.8) is 0 Å². The predicted molar refractivity (Wildman–Crippen MR) is 36.3 cm³/mol. The molecule has 52 valence electrons. The van der Waals surface area contributed by atoms with Crippen molar-refractivity contribution in [3.05, 3.63) is 0 Å². The Morgan fingerprint density at radius 1 is 1.67 bits per heavy atom. The van der Waals surface area contributed by atoms with Crippen molar-refractivity contribution >= 4 is 5.78 Å². The van der Waals surface area contributed by atoms with Gasteiger partial charge in [0.15, 0.2) is 0 Å². The number of likely N-dealkylation sites (tertiary alicyclic amines) is 1. The third-order valence-electron chi connectivity index (χ3n) is 2.06. The van der Waals surface area contributed by atoms with Gasteiger partial charge in [-0.3, -0.25) is 9.69 Å². The first-order chi connectivity index (χ1) is 4.22. The zero-order chi connectivity index (χ0) is 6.85. The first-order valence-corrected chi connectivity index (χ1v) is 3.45. The summed E-state index contributed by atoms with van der Waals surface area (Å²) in [6, 6.07) is 0.166. The number of rotatable bonds is 0. The minimum atomic E-state index is 0.166. The van der Waals surface area contributed by atoms with Gasteiger partial charge in [-0.25, -0.2) is 0 Å². The number of piperidine rings is 1. The molecule has 0 aromatic rings. The van der Waals surface area contributed by atoms with Crippen molar-refractivity contribution in [1.82, 2.24) is 4.90 Å². The summed E-state index contributed by atoms with van der Waals surface area (Å²) in [5, 5.41) is 0. The van der Waals surface area contributed by atoms with Crippen molar-refractivity contribution in [2.45, 2.75) is 25.8 Å². The summed E-state index contributed by atoms with van der Waals surface area (Å²) in [5.74, 6) is 0.392. The summed E-state index contributed by atoms with van der Waals surface area (Å²) < 4.78 is 0. The second-order valence-electron chi connectivity index (χ2n) is 2.73. The molecule has 0 amide bonds. The van der Waals surface area contributed by atoms with Crippen LogP contribution in [-0.2, 0) is 4.79 Å². The normalized spacial score (nSPS) is 30.9. The van der Waals surface area contributed by atoms with Gasteiger partial charge in [0.05, 0.1) is 6.04 Å². The summed E-state index contributed by atoms with van der Waals surface area (Å²) in [7, 11) is 2.00. The maximum Gasteiger partial charge on any atom is 0.149 e. The van der Waals surface area contributed by atoms with Gasteiger partial charge in [-0.2, -0.15) is 0 Å². The second-order valence-corrected chi connectivity index (χ2v) is 2.73. The Balaban J connectivity index is 2.51. The number of carbonyl (C=O) groups is 1. The molecule has 0 saturated carbocycles. The lowest BCUT2D eigenvalue weighted by Gasteiger charge is -2.27. The van der Waals surface area contributed by atoms with E-state index in [9.17, 15) is 4.79 Å². The number of likely N-dealkylation sites (N-methyl/N-ethyl adjacent to an activating group) is 1. The summed E-state index contributed by atoms with van der Waals surface area (Å²) in [6.45, 7) is 3.05. The Labute approximate surface area is 55.8 Å². The van der Waals surface area contributed by atoms with Crippen LogP contribution in [0.1, 0.15) is 19.8 Å². The molecule has 0 aliphatic carbocycles. The fourth-order valence-corrected chi connectivity index (χ4v) is 1.15. The maximum absolute atomic E-state index is 11.0. The molecule has 0 bridgehead atoms. The number of ketones is 1. The molecule has 0 aromatic heterocycles. The van der Waals surface area contributed by atoms with Gasteiger partial charge in [-0.05, 0) is 26.9 Å². The van der Waals surface area contributed by atoms with E-state index in [0.717, 1.165) is 19.4 Å². The van der Waals surface area contributed by atoms with Crippen LogP contribution in [0.25, 0.3) is 0 Å². The second kappa shape index (κ2) is 2.48. The van der Waals surface area contributed by atoms with E-state index < -0.39 is 0 Å². The molecule has 0 N–H and O–H groups in total. The highest BCUT2D eigenvalue weighted by molar-refractivity contribution is 5.84. The lowest BCUT2D eigenvalue weighted by molar-refractivity contribution is -0.125. The van der Waals surface area contributed by atoms with Crippen LogP contribution < -0.4 is 0 Å². The Hall–Kier alpha value is -0.370. The van der Waals surface area contributed by atoms with Gasteiger partial charge in [-0.1, -0.05) is 0 Å². The van der Waals surface area contributed by atoms with Crippen LogP contribution in [0.4, 0.5) is 0 Å². The minimum absolute atomic E-state index is 0.166. The van der Waals surface area contributed by atoms with Gasteiger partial charge in [0.25, 0.3) is 0 Å². The average Bonchev–Trinajstić information content (AvgIpc) is 1.83. The zero-order valence-corrected chi connectivity index (χ0v) is 6.05. The SMILES string of the molecule is CC1C(=O)CCCN1C. The molecule has 0 aromatic carbocycles. The largest absolute Gasteiger partial charge is 0.298 e. The highest BCUT2D eigenvalue weighted by Gasteiger charge is 2.21. The zero-order valence-electron chi connectivity index (χ0n) is 6.05. The molecule has 1 aliphatic rings. The third-order valence-corrected chi connectivity index (χ3v) is 2.06. The fraction of sp³-hybridized carbons (Fsp3) is 0.857. The quantitative estimate of drug-likeness (QED) is 0.476. The summed E-state index contributed by atoms with van der Waals surface area (Å²) in [4.78, 5) is 13.1. The van der Waals surface area contributed by atoms with Gasteiger partial charge < -0.3 is 0 Å². The Morgan fingerprint density at radius 2 is 2.33 bits per heavy atom. The molecule has 0 spiro atoms. The van der Waals surface area contributed by atoms with Crippen molar-refractivity contribution in [1.29, 1.82) is 0 Å². The lowest BCUT2D eigenvalue weighted by atomic mass is 10.0. The van der Waals surface area contributed by atoms with E-state index in [2.05, 4.69) is 4.90 Å². The molecule has 9 heavy (non-hydrogen) atoms. The van der Waals surface area contributed by atoms with E-state index in [1.54, 1.807) is 0 Å². The van der Waals surface area contributed by atoms with Crippen LogP contribution in [0, 0.1) is 0 Å². The predicted octanol–water partition coefficient (Wildman–Crippen LogP) is 0.670. The molecule has 1 aliphatic heterocycles. The smallest absolute Gasteiger partial charge is 0.149 e. The topological polar surface area (TPSA) is 20.3 Å². The molecule has 2 heteroatoms. The number of Topliss-reactive ketones (excluding diaryl/α,β-unsaturated/α-hetero) is 1. The first-order valence-electron chi connectivity index (χ1n) is 3.45. The molecular weight excluding hydrogens is 114 g/mol. The number of nitrogens with zero attached hydrogens (tertiary/aromatic N) is 1. The molecule has 1 unspecified atom stereocenters. The fourth-order valence-electron chi connectivity index (χ4n) is 1.15. The maximum atomic E-state index is 11.0. The van der Waals surface area contributed by atoms with Crippen LogP contribution >= 0.6 is 0 Å². The molecule has 1 fully saturated rings. The molecule has 1 heterocycles. The lowest BCUT2D eigenvalue weighted by Crippen LogP contribution is -2.40. The summed E-state index contributed by atoms with van der Waals surface area (Å²) in [6.07, 6.45) is 1.82. The highest BCUT2D eigenvalue weighted by atomic mass is 16.1. The summed E-state index contributed by atoms with van der Waals surface area (Å²) in [5.41, 5.74) is 0. The van der Waals surface area contributed by atoms with E-state index >= 15 is 0 Å². The number of hydrogen-bond donors (Lipinski definition) is 0. The van der Waals surface area contributed by atoms with Crippen molar-refractivity contribution in [3.8, 4) is 0 Å². The van der Waals surface area contributed by atoms with Gasteiger partial charge in [0.1, 0.15) is 5.78 Å². The van der Waals surface area contributed by atoms with Crippen LogP contribution in [0.2, 0.25) is 0 Å². The van der Waals surface area contributed by atoms with Crippen LogP contribution in [0.3, 0.4) is 0 Å². The number of carbonyl (C=O) groups excluding carboxylic acids is 1. The van der Waals surface area contributed by atoms with Crippen LogP contribution in [-0.4, -0.2) is 30.3 Å². The first kappa shape index (κ1) is 6.75. The van der Waals surface area contributed by atoms with Gasteiger partial charge in [-0.15, -0.1) is 0 Å². The molecule has 0 radical (unpaired) electrons. The third kappa shape index (κ3) is 1.30. The van der Waals surface area contributed by atoms with Crippen LogP contribution in [0.15, 0.2) is 0 Å². The minimum Gasteiger partial charge on any atom is -0.298 e. The number of hydrogen-bond acceptors (Lipinski definition) is 2. The Kier molecular flexibility index (Phi) is 1.86. The Morgan fingerprint density at radius 3 is 2.78 bits per heavy atom. The molecule has 1 atom stereocenters. The van der Waals surface area contributed by atoms with Crippen molar-refractivity contribution < 1.29 is 4.79 Å². The average molecular weight is 127 g/mol. The van der Waals surface area contributed by atoms with Crippen molar-refractivity contribution in [2.75, 3.05) is 13.6 Å². The Bertz CT molecular complexity index is 122. The summed E-state index contributed by atoms with van der Waals surface area (Å²) >= 11 is 0. The van der Waals surface area contributed by atoms with E-state index in [4.69, 9.17) is 0 Å². The van der Waals surface area contributed by atoms with E-state index in [-0.39, 0.29) is 6.04 Å². The highest BCUT2D eigenvalue weighted by Crippen LogP contribution is 2.09. The van der Waals surface area contributed by atoms with E-state index in [1.807, 2.05) is 14.0 Å². The molecule has 1 rings (SSSR count).